The summed E-state index contributed by atoms with van der Waals surface area (Å²) >= 11 is 1.36. The number of nitro benzene ring substituents is 1. The Kier molecular flexibility index (Phi) is 4.28. The van der Waals surface area contributed by atoms with E-state index in [0.29, 0.717) is 33.1 Å². The Balaban J connectivity index is 1.83. The highest BCUT2D eigenvalue weighted by Gasteiger charge is 2.18. The number of methoxy groups -OCH3 is 2. The maximum absolute atomic E-state index is 11.3. The average molecular weight is 382 g/mol. The summed E-state index contributed by atoms with van der Waals surface area (Å²) in [4.78, 5) is 23.6. The van der Waals surface area contributed by atoms with Crippen LogP contribution in [0.4, 0.5) is 5.69 Å². The molecule has 0 fully saturated rings. The number of rotatable bonds is 5. The molecule has 0 radical (unpaired) electrons. The lowest BCUT2D eigenvalue weighted by Crippen LogP contribution is -1.92. The Labute approximate surface area is 157 Å². The highest BCUT2D eigenvalue weighted by atomic mass is 32.2. The summed E-state index contributed by atoms with van der Waals surface area (Å²) in [6.45, 7) is 0. The van der Waals surface area contributed by atoms with E-state index in [-0.39, 0.29) is 5.69 Å². The van der Waals surface area contributed by atoms with Crippen LogP contribution >= 0.6 is 11.8 Å². The number of imidazole rings is 1. The van der Waals surface area contributed by atoms with Crippen molar-refractivity contribution in [1.29, 1.82) is 0 Å². The van der Waals surface area contributed by atoms with Gasteiger partial charge in [0.2, 0.25) is 0 Å². The first-order chi connectivity index (χ1) is 13.1. The van der Waals surface area contributed by atoms with Crippen molar-refractivity contribution in [2.75, 3.05) is 14.2 Å². The zero-order valence-electron chi connectivity index (χ0n) is 14.4. The van der Waals surface area contributed by atoms with Gasteiger partial charge in [0.15, 0.2) is 5.16 Å². The molecule has 0 bridgehead atoms. The molecule has 2 aromatic carbocycles. The molecular formula is C18H14N4O4S. The predicted octanol–water partition coefficient (Wildman–Crippen LogP) is 4.19. The van der Waals surface area contributed by atoms with Gasteiger partial charge in [-0.1, -0.05) is 11.8 Å². The minimum Gasteiger partial charge on any atom is -0.494 e. The van der Waals surface area contributed by atoms with Gasteiger partial charge in [0.1, 0.15) is 28.0 Å². The molecule has 0 saturated carbocycles. The maximum Gasteiger partial charge on any atom is 0.295 e. The summed E-state index contributed by atoms with van der Waals surface area (Å²) in [6, 6.07) is 10.3. The molecule has 0 unspecified atom stereocenters. The number of ether oxygens (including phenoxy) is 2. The Morgan fingerprint density at radius 2 is 1.85 bits per heavy atom. The summed E-state index contributed by atoms with van der Waals surface area (Å²) in [5.74, 6) is 1.28. The monoisotopic (exact) mass is 382 g/mol. The van der Waals surface area contributed by atoms with Crippen LogP contribution in [0.5, 0.6) is 11.5 Å². The van der Waals surface area contributed by atoms with E-state index >= 15 is 0 Å². The number of hydrogen-bond donors (Lipinski definition) is 1. The van der Waals surface area contributed by atoms with Crippen molar-refractivity contribution in [2.45, 2.75) is 10.1 Å². The molecule has 8 nitrogen and oxygen atoms in total. The van der Waals surface area contributed by atoms with Crippen LogP contribution in [0.1, 0.15) is 0 Å². The van der Waals surface area contributed by atoms with Crippen molar-refractivity contribution in [3.63, 3.8) is 0 Å². The van der Waals surface area contributed by atoms with Crippen LogP contribution < -0.4 is 9.47 Å². The summed E-state index contributed by atoms with van der Waals surface area (Å²) in [5, 5.41) is 12.6. The van der Waals surface area contributed by atoms with Crippen molar-refractivity contribution < 1.29 is 14.4 Å². The summed E-state index contributed by atoms with van der Waals surface area (Å²) < 4.78 is 10.8. The maximum atomic E-state index is 11.3. The number of non-ortho nitro benzene ring substituents is 1. The molecule has 2 heterocycles. The van der Waals surface area contributed by atoms with E-state index in [1.807, 2.05) is 6.07 Å². The normalized spacial score (nSPS) is 11.0. The van der Waals surface area contributed by atoms with Gasteiger partial charge in [-0.2, -0.15) is 0 Å². The molecule has 9 heteroatoms. The Hall–Kier alpha value is -3.33. The fourth-order valence-electron chi connectivity index (χ4n) is 2.88. The zero-order valence-corrected chi connectivity index (χ0v) is 15.2. The third kappa shape index (κ3) is 2.91. The number of H-pyrrole nitrogens is 1. The van der Waals surface area contributed by atoms with Gasteiger partial charge in [-0.15, -0.1) is 0 Å². The number of hydrogen-bond acceptors (Lipinski definition) is 7. The number of nitrogens with zero attached hydrogens (tertiary/aromatic N) is 3. The Morgan fingerprint density at radius 3 is 2.59 bits per heavy atom. The third-order valence-electron chi connectivity index (χ3n) is 4.10. The second-order valence-corrected chi connectivity index (χ2v) is 6.61. The predicted molar refractivity (Wildman–Crippen MR) is 102 cm³/mol. The zero-order chi connectivity index (χ0) is 19.0. The topological polar surface area (TPSA) is 103 Å². The van der Waals surface area contributed by atoms with E-state index in [0.717, 1.165) is 10.4 Å². The number of nitro groups is 1. The van der Waals surface area contributed by atoms with Gasteiger partial charge in [-0.25, -0.2) is 9.97 Å². The van der Waals surface area contributed by atoms with Gasteiger partial charge >= 0.3 is 0 Å². The number of fused-ring (bicyclic) bond motifs is 2. The standard InChI is InChI=1S/C18H14N4O4S/c1-25-12-6-7-13(26-2)17-16(12)20-18(21-17)27-14-8-5-11(22(23)24)15-10(14)4-3-9-19-15/h3-9H,1-2H3,(H,20,21). The van der Waals surface area contributed by atoms with Crippen LogP contribution in [0.2, 0.25) is 0 Å². The molecule has 0 aliphatic carbocycles. The van der Waals surface area contributed by atoms with E-state index in [4.69, 9.17) is 9.47 Å². The van der Waals surface area contributed by atoms with Crippen molar-refractivity contribution >= 4 is 39.4 Å². The number of aromatic nitrogens is 3. The fourth-order valence-corrected chi connectivity index (χ4v) is 3.79. The van der Waals surface area contributed by atoms with Crippen LogP contribution in [0.15, 0.2) is 52.6 Å². The summed E-state index contributed by atoms with van der Waals surface area (Å²) in [6.07, 6.45) is 1.54. The Bertz CT molecular complexity index is 1130. The molecule has 0 amide bonds. The van der Waals surface area contributed by atoms with Crippen molar-refractivity contribution in [3.05, 3.63) is 52.7 Å². The smallest absolute Gasteiger partial charge is 0.295 e. The quantitative estimate of drug-likeness (QED) is 0.408. The van der Waals surface area contributed by atoms with E-state index in [1.165, 1.54) is 17.8 Å². The molecule has 4 aromatic rings. The highest BCUT2D eigenvalue weighted by molar-refractivity contribution is 7.99. The third-order valence-corrected chi connectivity index (χ3v) is 5.06. The molecular weight excluding hydrogens is 368 g/mol. The van der Waals surface area contributed by atoms with Gasteiger partial charge in [-0.3, -0.25) is 10.1 Å². The molecule has 0 atom stereocenters. The first-order valence-corrected chi connectivity index (χ1v) is 8.74. The van der Waals surface area contributed by atoms with E-state index in [1.54, 1.807) is 44.7 Å². The second-order valence-electron chi connectivity index (χ2n) is 5.58. The van der Waals surface area contributed by atoms with Crippen molar-refractivity contribution in [3.8, 4) is 11.5 Å². The summed E-state index contributed by atoms with van der Waals surface area (Å²) in [7, 11) is 3.17. The number of nitrogens with one attached hydrogen (secondary N) is 1. The SMILES string of the molecule is COc1ccc(OC)c2[nH]c(Sc3ccc([N+](=O)[O-])c4ncccc34)nc12. The molecule has 0 saturated heterocycles. The number of benzene rings is 2. The van der Waals surface area contributed by atoms with Gasteiger partial charge in [0, 0.05) is 22.5 Å². The van der Waals surface area contributed by atoms with Gasteiger partial charge in [-0.05, 0) is 30.3 Å². The Morgan fingerprint density at radius 1 is 1.07 bits per heavy atom. The fraction of sp³-hybridized carbons (Fsp3) is 0.111. The van der Waals surface area contributed by atoms with Gasteiger partial charge in [0.25, 0.3) is 5.69 Å². The first-order valence-electron chi connectivity index (χ1n) is 7.93. The largest absolute Gasteiger partial charge is 0.494 e. The van der Waals surface area contributed by atoms with Crippen LogP contribution in [-0.4, -0.2) is 34.1 Å². The van der Waals surface area contributed by atoms with Crippen LogP contribution in [-0.2, 0) is 0 Å². The van der Waals surface area contributed by atoms with Crippen LogP contribution in [0.3, 0.4) is 0 Å². The van der Waals surface area contributed by atoms with E-state index in [2.05, 4.69) is 15.0 Å². The lowest BCUT2D eigenvalue weighted by molar-refractivity contribution is -0.383. The van der Waals surface area contributed by atoms with Gasteiger partial charge < -0.3 is 14.5 Å². The number of pyridine rings is 1. The molecule has 0 spiro atoms. The second kappa shape index (κ2) is 6.76. The van der Waals surface area contributed by atoms with Crippen molar-refractivity contribution in [2.24, 2.45) is 0 Å². The summed E-state index contributed by atoms with van der Waals surface area (Å²) in [5.41, 5.74) is 1.70. The van der Waals surface area contributed by atoms with E-state index < -0.39 is 4.92 Å². The molecule has 27 heavy (non-hydrogen) atoms. The molecule has 4 rings (SSSR count). The van der Waals surface area contributed by atoms with Crippen molar-refractivity contribution in [1.82, 2.24) is 15.0 Å². The number of aromatic amines is 1. The lowest BCUT2D eigenvalue weighted by Gasteiger charge is -2.04. The van der Waals surface area contributed by atoms with Crippen LogP contribution in [0.25, 0.3) is 21.9 Å². The van der Waals surface area contributed by atoms with E-state index in [9.17, 15) is 10.1 Å². The molecule has 1 N–H and O–H groups in total. The molecule has 0 aliphatic heterocycles. The highest BCUT2D eigenvalue weighted by Crippen LogP contribution is 2.38. The first kappa shape index (κ1) is 17.1. The molecule has 136 valence electrons. The van der Waals surface area contributed by atoms with Gasteiger partial charge in [0.05, 0.1) is 19.1 Å². The minimum absolute atomic E-state index is 0.0251. The lowest BCUT2D eigenvalue weighted by atomic mass is 10.2. The average Bonchev–Trinajstić information content (AvgIpc) is 3.11. The molecule has 0 aliphatic rings. The van der Waals surface area contributed by atoms with Crippen LogP contribution in [0, 0.1) is 10.1 Å². The minimum atomic E-state index is -0.430. The molecule has 2 aromatic heterocycles.